The van der Waals surface area contributed by atoms with E-state index in [2.05, 4.69) is 20.2 Å². The number of hydrogen-bond donors (Lipinski definition) is 3. The van der Waals surface area contributed by atoms with E-state index in [1.807, 2.05) is 0 Å². The van der Waals surface area contributed by atoms with Gasteiger partial charge in [0.15, 0.2) is 6.61 Å². The zero-order valence-electron chi connectivity index (χ0n) is 18.5. The number of nitrogens with one attached hydrogen (secondary N) is 3. The lowest BCUT2D eigenvalue weighted by Gasteiger charge is -2.13. The number of sulfonamides is 1. The molecular formula is C24H22N4O5S. The van der Waals surface area contributed by atoms with Crippen LogP contribution in [-0.2, 0) is 14.8 Å². The van der Waals surface area contributed by atoms with Crippen molar-refractivity contribution in [2.75, 3.05) is 18.4 Å². The normalized spacial score (nSPS) is 11.2. The Morgan fingerprint density at radius 1 is 1.03 bits per heavy atom. The fourth-order valence-electron chi connectivity index (χ4n) is 3.42. The molecule has 1 heterocycles. The number of hydrogen-bond acceptors (Lipinski definition) is 6. The van der Waals surface area contributed by atoms with E-state index in [9.17, 15) is 18.0 Å². The fraction of sp³-hybridized carbons (Fsp3) is 0.125. The molecule has 0 saturated carbocycles. The average Bonchev–Trinajstić information content (AvgIpc) is 2.84. The van der Waals surface area contributed by atoms with E-state index in [1.54, 1.807) is 67.6 Å². The number of fused-ring (bicyclic) bond motifs is 1. The summed E-state index contributed by atoms with van der Waals surface area (Å²) in [6.45, 7) is 1.56. The van der Waals surface area contributed by atoms with E-state index in [0.717, 1.165) is 0 Å². The lowest BCUT2D eigenvalue weighted by molar-refractivity contribution is -0.122. The molecular weight excluding hydrogens is 456 g/mol. The molecule has 0 saturated heterocycles. The molecule has 0 atom stereocenters. The largest absolute Gasteiger partial charge is 0.484 e. The lowest BCUT2D eigenvalue weighted by Crippen LogP contribution is -2.24. The van der Waals surface area contributed by atoms with E-state index in [0.29, 0.717) is 39.0 Å². The van der Waals surface area contributed by atoms with Crippen molar-refractivity contribution in [3.8, 4) is 17.0 Å². The highest BCUT2D eigenvalue weighted by molar-refractivity contribution is 7.92. The number of H-pyrrole nitrogens is 1. The molecule has 3 N–H and O–H groups in total. The number of amides is 1. The van der Waals surface area contributed by atoms with Gasteiger partial charge in [0, 0.05) is 23.7 Å². The van der Waals surface area contributed by atoms with E-state index in [-0.39, 0.29) is 23.0 Å². The number of benzene rings is 3. The number of aryl methyl sites for hydroxylation is 1. The van der Waals surface area contributed by atoms with Crippen molar-refractivity contribution in [3.05, 3.63) is 82.6 Å². The lowest BCUT2D eigenvalue weighted by atomic mass is 10.0. The highest BCUT2D eigenvalue weighted by atomic mass is 32.2. The molecule has 34 heavy (non-hydrogen) atoms. The number of aromatic nitrogens is 2. The number of carbonyl (C=O) groups is 1. The van der Waals surface area contributed by atoms with Crippen molar-refractivity contribution in [1.29, 1.82) is 0 Å². The van der Waals surface area contributed by atoms with Gasteiger partial charge in [0.2, 0.25) is 0 Å². The summed E-state index contributed by atoms with van der Waals surface area (Å²) in [6, 6.07) is 18.2. The minimum Gasteiger partial charge on any atom is -0.484 e. The van der Waals surface area contributed by atoms with Gasteiger partial charge in [-0.15, -0.1) is 0 Å². The SMILES string of the molecule is CNC(=O)COc1ccc(NS(=O)(=O)c2cc(-c3n[nH]c(=O)c4ccccc34)ccc2C)cc1. The average molecular weight is 479 g/mol. The molecule has 0 aliphatic rings. The van der Waals surface area contributed by atoms with Gasteiger partial charge >= 0.3 is 0 Å². The van der Waals surface area contributed by atoms with Gasteiger partial charge in [-0.3, -0.25) is 14.3 Å². The smallest absolute Gasteiger partial charge is 0.272 e. The predicted octanol–water partition coefficient (Wildman–Crippen LogP) is 2.82. The molecule has 0 aliphatic heterocycles. The number of likely N-dealkylation sites (N-methyl/N-ethyl adjacent to an activating group) is 1. The fourth-order valence-corrected chi connectivity index (χ4v) is 4.75. The Bertz CT molecular complexity index is 1530. The van der Waals surface area contributed by atoms with Crippen LogP contribution in [0.5, 0.6) is 5.75 Å². The standard InChI is InChI=1S/C24H22N4O5S/c1-15-7-8-16(23-19-5-3-4-6-20(19)24(30)27-26-23)13-21(15)34(31,32)28-17-9-11-18(12-10-17)33-14-22(29)25-2/h3-13,28H,14H2,1-2H3,(H,25,29)(H,27,30). The number of anilines is 1. The number of rotatable bonds is 7. The maximum absolute atomic E-state index is 13.2. The van der Waals surface area contributed by atoms with Gasteiger partial charge in [-0.05, 0) is 48.9 Å². The summed E-state index contributed by atoms with van der Waals surface area (Å²) >= 11 is 0. The Morgan fingerprint density at radius 3 is 2.44 bits per heavy atom. The predicted molar refractivity (Wildman–Crippen MR) is 129 cm³/mol. The quantitative estimate of drug-likeness (QED) is 0.374. The van der Waals surface area contributed by atoms with Crippen LogP contribution < -0.4 is 20.3 Å². The molecule has 3 aromatic carbocycles. The summed E-state index contributed by atoms with van der Waals surface area (Å²) in [4.78, 5) is 23.5. The van der Waals surface area contributed by atoms with Crippen LogP contribution in [0.25, 0.3) is 22.0 Å². The monoisotopic (exact) mass is 478 g/mol. The number of ether oxygens (including phenoxy) is 1. The van der Waals surface area contributed by atoms with E-state index in [4.69, 9.17) is 4.74 Å². The molecule has 4 rings (SSSR count). The first kappa shape index (κ1) is 23.0. The van der Waals surface area contributed by atoms with Crippen LogP contribution in [0, 0.1) is 6.92 Å². The van der Waals surface area contributed by atoms with Gasteiger partial charge in [0.1, 0.15) is 5.75 Å². The van der Waals surface area contributed by atoms with Gasteiger partial charge in [0.25, 0.3) is 21.5 Å². The molecule has 0 radical (unpaired) electrons. The van der Waals surface area contributed by atoms with Crippen LogP contribution >= 0.6 is 0 Å². The molecule has 174 valence electrons. The highest BCUT2D eigenvalue weighted by Gasteiger charge is 2.19. The van der Waals surface area contributed by atoms with Gasteiger partial charge < -0.3 is 10.1 Å². The van der Waals surface area contributed by atoms with Crippen LogP contribution in [0.3, 0.4) is 0 Å². The van der Waals surface area contributed by atoms with Gasteiger partial charge in [-0.1, -0.05) is 30.3 Å². The summed E-state index contributed by atoms with van der Waals surface area (Å²) in [5.41, 5.74) is 1.60. The Hall–Kier alpha value is -4.18. The summed E-state index contributed by atoms with van der Waals surface area (Å²) in [5.74, 6) is 0.158. The summed E-state index contributed by atoms with van der Waals surface area (Å²) in [7, 11) is -2.42. The first-order valence-electron chi connectivity index (χ1n) is 10.3. The molecule has 0 fully saturated rings. The zero-order chi connectivity index (χ0) is 24.3. The third-order valence-corrected chi connectivity index (χ3v) is 6.73. The minimum atomic E-state index is -3.93. The molecule has 4 aromatic rings. The number of aromatic amines is 1. The third-order valence-electron chi connectivity index (χ3n) is 5.20. The van der Waals surface area contributed by atoms with Crippen LogP contribution in [0.4, 0.5) is 5.69 Å². The molecule has 0 bridgehead atoms. The highest BCUT2D eigenvalue weighted by Crippen LogP contribution is 2.29. The number of carbonyl (C=O) groups excluding carboxylic acids is 1. The first-order chi connectivity index (χ1) is 16.3. The van der Waals surface area contributed by atoms with E-state index >= 15 is 0 Å². The topological polar surface area (TPSA) is 130 Å². The summed E-state index contributed by atoms with van der Waals surface area (Å²) < 4.78 is 34.3. The molecule has 0 unspecified atom stereocenters. The van der Waals surface area contributed by atoms with Crippen LogP contribution in [0.2, 0.25) is 0 Å². The van der Waals surface area contributed by atoms with Crippen molar-refractivity contribution in [2.45, 2.75) is 11.8 Å². The zero-order valence-corrected chi connectivity index (χ0v) is 19.3. The first-order valence-corrected chi connectivity index (χ1v) is 11.8. The maximum atomic E-state index is 13.2. The molecule has 1 aromatic heterocycles. The minimum absolute atomic E-state index is 0.0852. The molecule has 0 spiro atoms. The van der Waals surface area contributed by atoms with Crippen LogP contribution in [0.15, 0.2) is 76.4 Å². The van der Waals surface area contributed by atoms with Crippen molar-refractivity contribution in [2.24, 2.45) is 0 Å². The van der Waals surface area contributed by atoms with Crippen molar-refractivity contribution in [3.63, 3.8) is 0 Å². The molecule has 0 aliphatic carbocycles. The van der Waals surface area contributed by atoms with E-state index in [1.165, 1.54) is 13.1 Å². The Labute approximate surface area is 195 Å². The van der Waals surface area contributed by atoms with Crippen LogP contribution in [0.1, 0.15) is 5.56 Å². The molecule has 1 amide bonds. The van der Waals surface area contributed by atoms with Gasteiger partial charge in [0.05, 0.1) is 16.0 Å². The van der Waals surface area contributed by atoms with Gasteiger partial charge in [-0.25, -0.2) is 13.5 Å². The molecule has 9 nitrogen and oxygen atoms in total. The summed E-state index contributed by atoms with van der Waals surface area (Å²) in [5, 5.41) is 10.2. The second kappa shape index (κ2) is 9.36. The van der Waals surface area contributed by atoms with Crippen LogP contribution in [-0.4, -0.2) is 38.2 Å². The Kier molecular flexibility index (Phi) is 6.33. The van der Waals surface area contributed by atoms with Crippen molar-refractivity contribution in [1.82, 2.24) is 15.5 Å². The second-order valence-corrected chi connectivity index (χ2v) is 9.17. The van der Waals surface area contributed by atoms with Gasteiger partial charge in [-0.2, -0.15) is 5.10 Å². The van der Waals surface area contributed by atoms with E-state index < -0.39 is 10.0 Å². The second-order valence-electron chi connectivity index (χ2n) is 7.52. The maximum Gasteiger partial charge on any atom is 0.272 e. The Balaban J connectivity index is 1.64. The summed E-state index contributed by atoms with van der Waals surface area (Å²) in [6.07, 6.45) is 0. The molecule has 10 heteroatoms. The Morgan fingerprint density at radius 2 is 1.74 bits per heavy atom. The number of nitrogens with zero attached hydrogens (tertiary/aromatic N) is 1. The van der Waals surface area contributed by atoms with Crippen molar-refractivity contribution < 1.29 is 17.9 Å². The van der Waals surface area contributed by atoms with Crippen molar-refractivity contribution >= 4 is 32.4 Å². The third kappa shape index (κ3) is 4.76.